The van der Waals surface area contributed by atoms with Crippen LogP contribution in [0, 0.1) is 22.7 Å². The molecule has 0 heterocycles. The average Bonchev–Trinajstić information content (AvgIpc) is 2.52. The Kier molecular flexibility index (Phi) is 6.10. The predicted molar refractivity (Wildman–Crippen MR) is 94.0 cm³/mol. The third-order valence-electron chi connectivity index (χ3n) is 6.84. The highest BCUT2D eigenvalue weighted by molar-refractivity contribution is 5.17. The largest absolute Gasteiger partial charge is 0.396 e. The van der Waals surface area contributed by atoms with Crippen molar-refractivity contribution in [2.75, 3.05) is 19.8 Å². The van der Waals surface area contributed by atoms with Gasteiger partial charge in [-0.1, -0.05) is 38.5 Å². The summed E-state index contributed by atoms with van der Waals surface area (Å²) in [6.07, 6.45) is 9.22. The van der Waals surface area contributed by atoms with E-state index in [-0.39, 0.29) is 30.7 Å². The van der Waals surface area contributed by atoms with Gasteiger partial charge in [0.2, 0.25) is 0 Å². The lowest BCUT2D eigenvalue weighted by Crippen LogP contribution is -2.51. The fourth-order valence-electron chi connectivity index (χ4n) is 5.51. The summed E-state index contributed by atoms with van der Waals surface area (Å²) >= 11 is 0. The van der Waals surface area contributed by atoms with Crippen LogP contribution in [-0.2, 0) is 0 Å². The summed E-state index contributed by atoms with van der Waals surface area (Å²) in [5.74, 6) is 0.990. The van der Waals surface area contributed by atoms with Gasteiger partial charge < -0.3 is 15.3 Å². The van der Waals surface area contributed by atoms with Crippen molar-refractivity contribution >= 4 is 0 Å². The molecular formula is C20H34O3. The second kappa shape index (κ2) is 7.50. The summed E-state index contributed by atoms with van der Waals surface area (Å²) in [5, 5.41) is 28.5. The molecule has 0 unspecified atom stereocenters. The van der Waals surface area contributed by atoms with Crippen molar-refractivity contribution in [3.63, 3.8) is 0 Å². The Morgan fingerprint density at radius 1 is 1.26 bits per heavy atom. The van der Waals surface area contributed by atoms with Gasteiger partial charge in [0.1, 0.15) is 0 Å². The maximum absolute atomic E-state index is 9.99. The van der Waals surface area contributed by atoms with Crippen molar-refractivity contribution in [2.24, 2.45) is 22.7 Å². The summed E-state index contributed by atoms with van der Waals surface area (Å²) < 4.78 is 0. The Balaban J connectivity index is 2.20. The standard InChI is InChI=1S/C20H34O3/c1-15-5-8-18-19(2,14-23)10-4-11-20(18,3)17(15)7-6-16(13-22)9-12-21/h9,17-18,21-23H,1,4-8,10-14H2,2-3H3/b16-9-/t17-,18-,19-,20+/m1/s1. The number of rotatable bonds is 6. The van der Waals surface area contributed by atoms with Gasteiger partial charge in [0.05, 0.1) is 13.2 Å². The minimum Gasteiger partial charge on any atom is -0.396 e. The number of fused-ring (bicyclic) bond motifs is 1. The maximum atomic E-state index is 9.99. The highest BCUT2D eigenvalue weighted by Gasteiger charge is 2.53. The first kappa shape index (κ1) is 18.7. The molecule has 0 aromatic heterocycles. The van der Waals surface area contributed by atoms with Crippen LogP contribution < -0.4 is 0 Å². The first-order chi connectivity index (χ1) is 10.9. The molecule has 132 valence electrons. The van der Waals surface area contributed by atoms with E-state index in [1.165, 1.54) is 18.4 Å². The van der Waals surface area contributed by atoms with Gasteiger partial charge in [-0.25, -0.2) is 0 Å². The lowest BCUT2D eigenvalue weighted by atomic mass is 9.47. The first-order valence-corrected chi connectivity index (χ1v) is 9.09. The fraction of sp³-hybridized carbons (Fsp3) is 0.800. The Morgan fingerprint density at radius 2 is 2.00 bits per heavy atom. The average molecular weight is 322 g/mol. The summed E-state index contributed by atoms with van der Waals surface area (Å²) in [6.45, 7) is 9.30. The quantitative estimate of drug-likeness (QED) is 0.656. The van der Waals surface area contributed by atoms with Gasteiger partial charge in [-0.3, -0.25) is 0 Å². The molecule has 4 atom stereocenters. The Hall–Kier alpha value is -0.640. The Morgan fingerprint density at radius 3 is 2.61 bits per heavy atom. The summed E-state index contributed by atoms with van der Waals surface area (Å²) in [6, 6.07) is 0. The molecule has 23 heavy (non-hydrogen) atoms. The van der Waals surface area contributed by atoms with Gasteiger partial charge in [-0.15, -0.1) is 0 Å². The number of hydrogen-bond acceptors (Lipinski definition) is 3. The number of aliphatic hydroxyl groups excluding tert-OH is 3. The zero-order valence-electron chi connectivity index (χ0n) is 14.9. The van der Waals surface area contributed by atoms with Gasteiger partial charge >= 0.3 is 0 Å². The van der Waals surface area contributed by atoms with E-state index in [4.69, 9.17) is 5.11 Å². The molecule has 0 aromatic carbocycles. The molecule has 2 aliphatic carbocycles. The summed E-state index contributed by atoms with van der Waals surface area (Å²) in [5.41, 5.74) is 2.50. The minimum absolute atomic E-state index is 0.00994. The molecule has 3 N–H and O–H groups in total. The summed E-state index contributed by atoms with van der Waals surface area (Å²) in [4.78, 5) is 0. The SMILES string of the molecule is C=C1CC[C@@H]2[C@@](C)(CO)CCC[C@@]2(C)[C@@H]1CC/C(=C/CO)CO. The monoisotopic (exact) mass is 322 g/mol. The van der Waals surface area contributed by atoms with Crippen molar-refractivity contribution in [1.29, 1.82) is 0 Å². The molecular weight excluding hydrogens is 288 g/mol. The van der Waals surface area contributed by atoms with Crippen molar-refractivity contribution in [1.82, 2.24) is 0 Å². The molecule has 0 aliphatic heterocycles. The van der Waals surface area contributed by atoms with Crippen LogP contribution in [0.3, 0.4) is 0 Å². The second-order valence-electron chi connectivity index (χ2n) is 8.22. The van der Waals surface area contributed by atoms with Gasteiger partial charge in [0.25, 0.3) is 0 Å². The van der Waals surface area contributed by atoms with Gasteiger partial charge in [0.15, 0.2) is 0 Å². The van der Waals surface area contributed by atoms with Crippen molar-refractivity contribution in [3.05, 3.63) is 23.8 Å². The lowest BCUT2D eigenvalue weighted by molar-refractivity contribution is -0.0859. The molecule has 0 spiro atoms. The molecule has 2 fully saturated rings. The van der Waals surface area contributed by atoms with E-state index in [1.807, 2.05) is 0 Å². The fourth-order valence-corrected chi connectivity index (χ4v) is 5.51. The lowest BCUT2D eigenvalue weighted by Gasteiger charge is -2.58. The first-order valence-electron chi connectivity index (χ1n) is 9.09. The van der Waals surface area contributed by atoms with E-state index in [0.29, 0.717) is 11.8 Å². The molecule has 2 saturated carbocycles. The van der Waals surface area contributed by atoms with Crippen molar-refractivity contribution in [2.45, 2.75) is 58.8 Å². The number of hydrogen-bond donors (Lipinski definition) is 3. The van der Waals surface area contributed by atoms with Gasteiger partial charge in [-0.05, 0) is 66.8 Å². The predicted octanol–water partition coefficient (Wildman–Crippen LogP) is 3.45. The maximum Gasteiger partial charge on any atom is 0.0642 e. The number of aliphatic hydroxyl groups is 3. The molecule has 0 saturated heterocycles. The minimum atomic E-state index is -0.00994. The molecule has 2 aliphatic rings. The van der Waals surface area contributed by atoms with Crippen LogP contribution >= 0.6 is 0 Å². The Labute approximate surface area is 141 Å². The molecule has 2 rings (SSSR count). The number of allylic oxidation sites excluding steroid dienone is 1. The highest BCUT2D eigenvalue weighted by Crippen LogP contribution is 2.61. The van der Waals surface area contributed by atoms with Crippen LogP contribution in [0.1, 0.15) is 58.8 Å². The van der Waals surface area contributed by atoms with Crippen LogP contribution in [0.15, 0.2) is 23.8 Å². The topological polar surface area (TPSA) is 60.7 Å². The smallest absolute Gasteiger partial charge is 0.0642 e. The van der Waals surface area contributed by atoms with Gasteiger partial charge in [0, 0.05) is 6.61 Å². The van der Waals surface area contributed by atoms with E-state index < -0.39 is 0 Å². The van der Waals surface area contributed by atoms with E-state index in [0.717, 1.165) is 37.7 Å². The van der Waals surface area contributed by atoms with Crippen LogP contribution in [0.4, 0.5) is 0 Å². The molecule has 0 bridgehead atoms. The zero-order chi connectivity index (χ0) is 17.1. The second-order valence-corrected chi connectivity index (χ2v) is 8.22. The van der Waals surface area contributed by atoms with Crippen LogP contribution in [0.25, 0.3) is 0 Å². The third-order valence-corrected chi connectivity index (χ3v) is 6.84. The molecule has 3 heteroatoms. The van der Waals surface area contributed by atoms with E-state index in [2.05, 4.69) is 20.4 Å². The van der Waals surface area contributed by atoms with Gasteiger partial charge in [-0.2, -0.15) is 0 Å². The molecule has 0 aromatic rings. The van der Waals surface area contributed by atoms with Crippen LogP contribution in [-0.4, -0.2) is 35.1 Å². The molecule has 0 radical (unpaired) electrons. The van der Waals surface area contributed by atoms with Crippen molar-refractivity contribution in [3.8, 4) is 0 Å². The third kappa shape index (κ3) is 3.57. The normalized spacial score (nSPS) is 38.5. The van der Waals surface area contributed by atoms with E-state index >= 15 is 0 Å². The highest BCUT2D eigenvalue weighted by atomic mass is 16.3. The molecule has 3 nitrogen and oxygen atoms in total. The molecule has 0 amide bonds. The van der Waals surface area contributed by atoms with E-state index in [9.17, 15) is 10.2 Å². The van der Waals surface area contributed by atoms with Crippen LogP contribution in [0.2, 0.25) is 0 Å². The van der Waals surface area contributed by atoms with E-state index in [1.54, 1.807) is 6.08 Å². The van der Waals surface area contributed by atoms with Crippen LogP contribution in [0.5, 0.6) is 0 Å². The summed E-state index contributed by atoms with van der Waals surface area (Å²) in [7, 11) is 0. The Bertz CT molecular complexity index is 456. The zero-order valence-corrected chi connectivity index (χ0v) is 14.9. The van der Waals surface area contributed by atoms with Crippen molar-refractivity contribution < 1.29 is 15.3 Å².